The van der Waals surface area contributed by atoms with E-state index >= 15 is 0 Å². The maximum Gasteiger partial charge on any atom is 0.263 e. The summed E-state index contributed by atoms with van der Waals surface area (Å²) in [6.45, 7) is 0. The molecule has 0 unspecified atom stereocenters. The number of halogens is 2. The van der Waals surface area contributed by atoms with Crippen molar-refractivity contribution in [3.05, 3.63) is 34.9 Å². The summed E-state index contributed by atoms with van der Waals surface area (Å²) in [6.07, 6.45) is -0.169. The molecule has 0 amide bonds. The molecule has 1 aromatic heterocycles. The van der Waals surface area contributed by atoms with E-state index in [0.717, 1.165) is 30.0 Å². The average molecular weight is 319 g/mol. The lowest BCUT2D eigenvalue weighted by Crippen LogP contribution is -2.21. The molecule has 2 aromatic rings. The van der Waals surface area contributed by atoms with Crippen LogP contribution in [-0.2, 0) is 11.2 Å². The number of fused-ring (bicyclic) bond motifs is 4. The molecule has 0 radical (unpaired) electrons. The third-order valence-corrected chi connectivity index (χ3v) is 4.53. The number of nitrogen functional groups attached to an aromatic ring is 1. The van der Waals surface area contributed by atoms with Gasteiger partial charge >= 0.3 is 0 Å². The summed E-state index contributed by atoms with van der Waals surface area (Å²) in [5, 5.41) is 18.2. The van der Waals surface area contributed by atoms with Crippen molar-refractivity contribution in [2.45, 2.75) is 37.9 Å². The Labute approximate surface area is 131 Å². The number of aromatic nitrogens is 2. The van der Waals surface area contributed by atoms with Crippen LogP contribution < -0.4 is 5.73 Å². The first kappa shape index (κ1) is 14.3. The van der Waals surface area contributed by atoms with E-state index in [1.54, 1.807) is 0 Å². The molecule has 0 aliphatic carbocycles. The lowest BCUT2D eigenvalue weighted by atomic mass is 9.93. The SMILES string of the molecule is Nc1nnc(-c2ccc(C(F)F)cc2O)c2c1[C@H]1CC[C@@H](C2)O1. The third-order valence-electron chi connectivity index (χ3n) is 4.53. The fraction of sp³-hybridized carbons (Fsp3) is 0.375. The highest BCUT2D eigenvalue weighted by molar-refractivity contribution is 5.73. The summed E-state index contributed by atoms with van der Waals surface area (Å²) in [5.41, 5.74) is 8.33. The molecule has 5 nitrogen and oxygen atoms in total. The van der Waals surface area contributed by atoms with Gasteiger partial charge < -0.3 is 15.6 Å². The van der Waals surface area contributed by atoms with Crippen molar-refractivity contribution in [3.63, 3.8) is 0 Å². The van der Waals surface area contributed by atoms with E-state index in [0.29, 0.717) is 23.5 Å². The smallest absolute Gasteiger partial charge is 0.263 e. The zero-order valence-electron chi connectivity index (χ0n) is 12.2. The minimum absolute atomic E-state index is 0.0968. The van der Waals surface area contributed by atoms with E-state index < -0.39 is 6.43 Å². The first-order valence-electron chi connectivity index (χ1n) is 7.46. The Kier molecular flexibility index (Phi) is 3.19. The number of hydrogen-bond donors (Lipinski definition) is 2. The van der Waals surface area contributed by atoms with Crippen LogP contribution in [0.4, 0.5) is 14.6 Å². The summed E-state index contributed by atoms with van der Waals surface area (Å²) in [7, 11) is 0. The number of phenolic OH excluding ortho intramolecular Hbond substituents is 1. The van der Waals surface area contributed by atoms with Gasteiger partial charge in [-0.1, -0.05) is 6.07 Å². The Morgan fingerprint density at radius 3 is 2.83 bits per heavy atom. The monoisotopic (exact) mass is 319 g/mol. The highest BCUT2D eigenvalue weighted by Gasteiger charge is 2.37. The summed E-state index contributed by atoms with van der Waals surface area (Å²) >= 11 is 0. The van der Waals surface area contributed by atoms with Gasteiger partial charge in [0.15, 0.2) is 5.82 Å². The zero-order chi connectivity index (χ0) is 16.1. The second kappa shape index (κ2) is 5.13. The van der Waals surface area contributed by atoms with Crippen LogP contribution in [0.2, 0.25) is 0 Å². The van der Waals surface area contributed by atoms with Crippen molar-refractivity contribution in [1.29, 1.82) is 0 Å². The normalized spacial score (nSPS) is 22.4. The van der Waals surface area contributed by atoms with Crippen LogP contribution in [0.5, 0.6) is 5.75 Å². The largest absolute Gasteiger partial charge is 0.507 e. The van der Waals surface area contributed by atoms with Gasteiger partial charge in [0.1, 0.15) is 11.4 Å². The number of hydrogen-bond acceptors (Lipinski definition) is 5. The molecule has 0 saturated carbocycles. The molecule has 1 fully saturated rings. The fourth-order valence-electron chi connectivity index (χ4n) is 3.46. The van der Waals surface area contributed by atoms with Crippen LogP contribution in [0, 0.1) is 0 Å². The number of nitrogens with two attached hydrogens (primary N) is 1. The third kappa shape index (κ3) is 2.23. The summed E-state index contributed by atoms with van der Waals surface area (Å²) in [6, 6.07) is 3.81. The van der Waals surface area contributed by atoms with Crippen molar-refractivity contribution in [3.8, 4) is 17.0 Å². The zero-order valence-corrected chi connectivity index (χ0v) is 12.2. The molecule has 3 N–H and O–H groups in total. The minimum Gasteiger partial charge on any atom is -0.507 e. The van der Waals surface area contributed by atoms with Crippen molar-refractivity contribution in [1.82, 2.24) is 10.2 Å². The summed E-state index contributed by atoms with van der Waals surface area (Å²) in [4.78, 5) is 0. The predicted octanol–water partition coefficient (Wildman–Crippen LogP) is 3.15. The lowest BCUT2D eigenvalue weighted by Gasteiger charge is -2.26. The van der Waals surface area contributed by atoms with E-state index in [1.807, 2.05) is 0 Å². The quantitative estimate of drug-likeness (QED) is 0.888. The lowest BCUT2D eigenvalue weighted by molar-refractivity contribution is 0.0326. The molecular weight excluding hydrogens is 304 g/mol. The number of alkyl halides is 2. The number of aromatic hydroxyl groups is 1. The first-order chi connectivity index (χ1) is 11.0. The molecule has 2 bridgehead atoms. The van der Waals surface area contributed by atoms with Crippen LogP contribution in [0.15, 0.2) is 18.2 Å². The molecule has 120 valence electrons. The van der Waals surface area contributed by atoms with E-state index in [4.69, 9.17) is 10.5 Å². The highest BCUT2D eigenvalue weighted by atomic mass is 19.3. The first-order valence-corrected chi connectivity index (χ1v) is 7.46. The number of ether oxygens (including phenoxy) is 1. The minimum atomic E-state index is -2.63. The van der Waals surface area contributed by atoms with Crippen molar-refractivity contribution < 1.29 is 18.6 Å². The number of anilines is 1. The number of phenols is 1. The molecule has 3 heterocycles. The van der Waals surface area contributed by atoms with Crippen molar-refractivity contribution in [2.75, 3.05) is 5.73 Å². The van der Waals surface area contributed by atoms with Gasteiger partial charge in [0.05, 0.1) is 12.2 Å². The molecule has 1 saturated heterocycles. The maximum atomic E-state index is 12.7. The van der Waals surface area contributed by atoms with Crippen LogP contribution in [-0.4, -0.2) is 21.4 Å². The molecule has 1 aromatic carbocycles. The summed E-state index contributed by atoms with van der Waals surface area (Å²) < 4.78 is 31.4. The Bertz CT molecular complexity index is 782. The van der Waals surface area contributed by atoms with Crippen molar-refractivity contribution >= 4 is 5.82 Å². The molecule has 7 heteroatoms. The number of rotatable bonds is 2. The molecular formula is C16H15F2N3O2. The Morgan fingerprint density at radius 1 is 1.26 bits per heavy atom. The van der Waals surface area contributed by atoms with Crippen LogP contribution in [0.1, 0.15) is 42.1 Å². The molecule has 2 aliphatic heterocycles. The molecule has 2 atom stereocenters. The fourth-order valence-corrected chi connectivity index (χ4v) is 3.46. The van der Waals surface area contributed by atoms with Gasteiger partial charge in [0.2, 0.25) is 0 Å². The van der Waals surface area contributed by atoms with Gasteiger partial charge in [-0.2, -0.15) is 0 Å². The van der Waals surface area contributed by atoms with E-state index in [1.165, 1.54) is 12.1 Å². The highest BCUT2D eigenvalue weighted by Crippen LogP contribution is 2.46. The van der Waals surface area contributed by atoms with E-state index in [2.05, 4.69) is 10.2 Å². The van der Waals surface area contributed by atoms with Gasteiger partial charge in [-0.3, -0.25) is 0 Å². The van der Waals surface area contributed by atoms with Crippen LogP contribution in [0.3, 0.4) is 0 Å². The van der Waals surface area contributed by atoms with Crippen molar-refractivity contribution in [2.24, 2.45) is 0 Å². The van der Waals surface area contributed by atoms with Gasteiger partial charge in [0.25, 0.3) is 6.43 Å². The average Bonchev–Trinajstić information content (AvgIpc) is 2.89. The van der Waals surface area contributed by atoms with E-state index in [-0.39, 0.29) is 23.5 Å². The second-order valence-electron chi connectivity index (χ2n) is 5.93. The summed E-state index contributed by atoms with van der Waals surface area (Å²) in [5.74, 6) is 0.0979. The van der Waals surface area contributed by atoms with Crippen LogP contribution in [0.25, 0.3) is 11.3 Å². The molecule has 0 spiro atoms. The van der Waals surface area contributed by atoms with Gasteiger partial charge in [-0.15, -0.1) is 10.2 Å². The molecule has 4 rings (SSSR count). The Hall–Kier alpha value is -2.28. The number of nitrogens with zero attached hydrogens (tertiary/aromatic N) is 2. The number of benzene rings is 1. The molecule has 2 aliphatic rings. The molecule has 23 heavy (non-hydrogen) atoms. The van der Waals surface area contributed by atoms with Gasteiger partial charge in [-0.25, -0.2) is 8.78 Å². The standard InChI is InChI=1S/C16H15F2N3O2/c17-15(18)7-1-3-9(11(22)5-7)14-10-6-8-2-4-12(23-8)13(10)16(19)21-20-14/h1,3,5,8,12,15,22H,2,4,6H2,(H2,19,21)/t8-,12+/m0/s1. The van der Waals surface area contributed by atoms with Gasteiger partial charge in [0, 0.05) is 23.1 Å². The topological polar surface area (TPSA) is 81.3 Å². The maximum absolute atomic E-state index is 12.7. The van der Waals surface area contributed by atoms with Gasteiger partial charge in [-0.05, 0) is 30.5 Å². The van der Waals surface area contributed by atoms with E-state index in [9.17, 15) is 13.9 Å². The second-order valence-corrected chi connectivity index (χ2v) is 5.93. The predicted molar refractivity (Wildman–Crippen MR) is 79.1 cm³/mol. The Balaban J connectivity index is 1.86. The Morgan fingerprint density at radius 2 is 2.09 bits per heavy atom. The van der Waals surface area contributed by atoms with Crippen LogP contribution >= 0.6 is 0 Å².